The van der Waals surface area contributed by atoms with Gasteiger partial charge in [0.1, 0.15) is 0 Å². The molecule has 0 atom stereocenters. The second-order valence-electron chi connectivity index (χ2n) is 3.93. The summed E-state index contributed by atoms with van der Waals surface area (Å²) in [7, 11) is 0. The van der Waals surface area contributed by atoms with E-state index in [0.717, 1.165) is 11.1 Å². The summed E-state index contributed by atoms with van der Waals surface area (Å²) >= 11 is 5.97. The van der Waals surface area contributed by atoms with Gasteiger partial charge in [0.05, 0.1) is 5.02 Å². The van der Waals surface area contributed by atoms with Gasteiger partial charge in [-0.25, -0.2) is 0 Å². The molecule has 0 aliphatic heterocycles. The number of carbonyl (C=O) groups is 1. The Kier molecular flexibility index (Phi) is 3.55. The van der Waals surface area contributed by atoms with Gasteiger partial charge in [0.25, 0.3) is 0 Å². The zero-order valence-electron chi connectivity index (χ0n) is 9.48. The van der Waals surface area contributed by atoms with E-state index in [-0.39, 0.29) is 5.78 Å². The van der Waals surface area contributed by atoms with E-state index in [1.165, 1.54) is 0 Å². The number of carbonyl (C=O) groups excluding carboxylic acids is 1. The molecule has 0 radical (unpaired) electrons. The first-order chi connectivity index (χ1) is 8.16. The van der Waals surface area contributed by atoms with Gasteiger partial charge in [0.15, 0.2) is 5.78 Å². The van der Waals surface area contributed by atoms with Crippen molar-refractivity contribution < 1.29 is 4.79 Å². The lowest BCUT2D eigenvalue weighted by Crippen LogP contribution is -2.04. The third-order valence-electron chi connectivity index (χ3n) is 2.58. The summed E-state index contributed by atoms with van der Waals surface area (Å²) in [6.45, 7) is 1.99. The Labute approximate surface area is 105 Å². The van der Waals surface area contributed by atoms with Crippen molar-refractivity contribution in [2.45, 2.75) is 13.3 Å². The van der Waals surface area contributed by atoms with Crippen molar-refractivity contribution in [1.29, 1.82) is 0 Å². The van der Waals surface area contributed by atoms with E-state index in [9.17, 15) is 4.79 Å². The molecule has 1 heterocycles. The van der Waals surface area contributed by atoms with Gasteiger partial charge in [-0.05, 0) is 18.6 Å². The van der Waals surface area contributed by atoms with Crippen LogP contribution in [-0.2, 0) is 6.42 Å². The number of benzene rings is 1. The maximum atomic E-state index is 12.0. The molecule has 2 rings (SSSR count). The molecule has 0 unspecified atom stereocenters. The van der Waals surface area contributed by atoms with Crippen LogP contribution in [0.3, 0.4) is 0 Å². The topological polar surface area (TPSA) is 30.0 Å². The molecular formula is C14H12ClNO. The van der Waals surface area contributed by atoms with Gasteiger partial charge >= 0.3 is 0 Å². The first-order valence-electron chi connectivity index (χ1n) is 5.35. The number of nitrogens with zero attached hydrogens (tertiary/aromatic N) is 1. The predicted octanol–water partition coefficient (Wildman–Crippen LogP) is 3.47. The summed E-state index contributed by atoms with van der Waals surface area (Å²) in [6, 6.07) is 9.32. The molecule has 86 valence electrons. The van der Waals surface area contributed by atoms with E-state index in [1.807, 2.05) is 31.2 Å². The monoisotopic (exact) mass is 245 g/mol. The first kappa shape index (κ1) is 11.8. The maximum Gasteiger partial charge on any atom is 0.167 e. The van der Waals surface area contributed by atoms with Gasteiger partial charge in [0.2, 0.25) is 0 Å². The van der Waals surface area contributed by atoms with Crippen LogP contribution in [0.5, 0.6) is 0 Å². The fourth-order valence-corrected chi connectivity index (χ4v) is 1.75. The number of hydrogen-bond acceptors (Lipinski definition) is 2. The highest BCUT2D eigenvalue weighted by atomic mass is 35.5. The Morgan fingerprint density at radius 1 is 1.24 bits per heavy atom. The van der Waals surface area contributed by atoms with Gasteiger partial charge in [-0.2, -0.15) is 0 Å². The fraction of sp³-hybridized carbons (Fsp3) is 0.143. The number of aryl methyl sites for hydroxylation is 1. The summed E-state index contributed by atoms with van der Waals surface area (Å²) in [5.74, 6) is 0.0677. The summed E-state index contributed by atoms with van der Waals surface area (Å²) in [6.07, 6.45) is 3.51. The number of ketones is 1. The molecule has 0 bridgehead atoms. The minimum atomic E-state index is 0.0677. The second-order valence-corrected chi connectivity index (χ2v) is 4.34. The number of aromatic nitrogens is 1. The van der Waals surface area contributed by atoms with Gasteiger partial charge in [-0.3, -0.25) is 9.78 Å². The van der Waals surface area contributed by atoms with Gasteiger partial charge in [-0.1, -0.05) is 41.4 Å². The largest absolute Gasteiger partial charge is 0.294 e. The zero-order chi connectivity index (χ0) is 12.3. The van der Waals surface area contributed by atoms with Crippen molar-refractivity contribution in [3.8, 4) is 0 Å². The molecule has 0 amide bonds. The van der Waals surface area contributed by atoms with Crippen LogP contribution in [0.15, 0.2) is 42.7 Å². The van der Waals surface area contributed by atoms with Crippen molar-refractivity contribution in [2.24, 2.45) is 0 Å². The lowest BCUT2D eigenvalue weighted by atomic mass is 10.0. The molecule has 0 fully saturated rings. The SMILES string of the molecule is Cc1ccc(C(=O)Cc2ccncc2Cl)cc1. The molecule has 1 aromatic carbocycles. The molecule has 1 aromatic heterocycles. The normalized spacial score (nSPS) is 10.2. The van der Waals surface area contributed by atoms with Gasteiger partial charge < -0.3 is 0 Å². The maximum absolute atomic E-state index is 12.0. The average molecular weight is 246 g/mol. The predicted molar refractivity (Wildman–Crippen MR) is 68.5 cm³/mol. The third-order valence-corrected chi connectivity index (χ3v) is 2.92. The van der Waals surface area contributed by atoms with Crippen molar-refractivity contribution >= 4 is 17.4 Å². The molecule has 0 aliphatic rings. The van der Waals surface area contributed by atoms with Crippen LogP contribution in [0, 0.1) is 6.92 Å². The number of rotatable bonds is 3. The Hall–Kier alpha value is -1.67. The van der Waals surface area contributed by atoms with Gasteiger partial charge in [-0.15, -0.1) is 0 Å². The van der Waals surface area contributed by atoms with E-state index >= 15 is 0 Å². The Balaban J connectivity index is 2.17. The number of Topliss-reactive ketones (excluding diaryl/α,β-unsaturated/α-hetero) is 1. The van der Waals surface area contributed by atoms with Crippen LogP contribution in [0.2, 0.25) is 5.02 Å². The zero-order valence-corrected chi connectivity index (χ0v) is 10.2. The van der Waals surface area contributed by atoms with E-state index in [4.69, 9.17) is 11.6 Å². The van der Waals surface area contributed by atoms with Crippen LogP contribution in [0.1, 0.15) is 21.5 Å². The first-order valence-corrected chi connectivity index (χ1v) is 5.73. The fourth-order valence-electron chi connectivity index (χ4n) is 1.56. The van der Waals surface area contributed by atoms with E-state index in [1.54, 1.807) is 18.5 Å². The Morgan fingerprint density at radius 2 is 1.94 bits per heavy atom. The van der Waals surface area contributed by atoms with Crippen molar-refractivity contribution in [3.63, 3.8) is 0 Å². The summed E-state index contributed by atoms with van der Waals surface area (Å²) in [4.78, 5) is 15.9. The quantitative estimate of drug-likeness (QED) is 0.775. The molecule has 17 heavy (non-hydrogen) atoms. The molecule has 0 N–H and O–H groups in total. The van der Waals surface area contributed by atoms with Crippen LogP contribution >= 0.6 is 11.6 Å². The second kappa shape index (κ2) is 5.11. The minimum Gasteiger partial charge on any atom is -0.294 e. The van der Waals surface area contributed by atoms with Crippen LogP contribution in [-0.4, -0.2) is 10.8 Å². The van der Waals surface area contributed by atoms with E-state index < -0.39 is 0 Å². The summed E-state index contributed by atoms with van der Waals surface area (Å²) < 4.78 is 0. The molecule has 0 aliphatic carbocycles. The molecule has 2 aromatic rings. The highest BCUT2D eigenvalue weighted by molar-refractivity contribution is 6.31. The summed E-state index contributed by atoms with van der Waals surface area (Å²) in [5.41, 5.74) is 2.67. The van der Waals surface area contributed by atoms with Gasteiger partial charge in [0, 0.05) is 24.4 Å². The standard InChI is InChI=1S/C14H12ClNO/c1-10-2-4-11(5-3-10)14(17)8-12-6-7-16-9-13(12)15/h2-7,9H,8H2,1H3. The lowest BCUT2D eigenvalue weighted by Gasteiger charge is -2.03. The molecule has 2 nitrogen and oxygen atoms in total. The van der Waals surface area contributed by atoms with E-state index in [0.29, 0.717) is 17.0 Å². The Bertz CT molecular complexity index is 534. The molecule has 0 saturated carbocycles. The van der Waals surface area contributed by atoms with Crippen LogP contribution in [0.25, 0.3) is 0 Å². The van der Waals surface area contributed by atoms with E-state index in [2.05, 4.69) is 4.98 Å². The highest BCUT2D eigenvalue weighted by Gasteiger charge is 2.09. The Morgan fingerprint density at radius 3 is 2.59 bits per heavy atom. The smallest absolute Gasteiger partial charge is 0.167 e. The summed E-state index contributed by atoms with van der Waals surface area (Å²) in [5, 5.41) is 0.535. The minimum absolute atomic E-state index is 0.0677. The van der Waals surface area contributed by atoms with Crippen LogP contribution < -0.4 is 0 Å². The van der Waals surface area contributed by atoms with Crippen molar-refractivity contribution in [1.82, 2.24) is 4.98 Å². The number of pyridine rings is 1. The third kappa shape index (κ3) is 2.92. The molecule has 0 spiro atoms. The molecule has 3 heteroatoms. The van der Waals surface area contributed by atoms with Crippen molar-refractivity contribution in [2.75, 3.05) is 0 Å². The highest BCUT2D eigenvalue weighted by Crippen LogP contribution is 2.16. The lowest BCUT2D eigenvalue weighted by molar-refractivity contribution is 0.0993. The molecular weight excluding hydrogens is 234 g/mol. The van der Waals surface area contributed by atoms with Crippen LogP contribution in [0.4, 0.5) is 0 Å². The van der Waals surface area contributed by atoms with Crippen molar-refractivity contribution in [3.05, 3.63) is 64.4 Å². The number of halogens is 1. The number of hydrogen-bond donors (Lipinski definition) is 0. The molecule has 0 saturated heterocycles. The average Bonchev–Trinajstić information content (AvgIpc) is 2.33.